The van der Waals surface area contributed by atoms with Crippen LogP contribution in [0.4, 0.5) is 4.79 Å². The lowest BCUT2D eigenvalue weighted by Gasteiger charge is -2.19. The minimum Gasteiger partial charge on any atom is -0.497 e. The lowest BCUT2D eigenvalue weighted by atomic mass is 9.98. The molecule has 0 bridgehead atoms. The predicted molar refractivity (Wildman–Crippen MR) is 101 cm³/mol. The number of hydrogen-bond acceptors (Lipinski definition) is 4. The molecule has 2 heterocycles. The number of methoxy groups -OCH3 is 1. The molecule has 138 valence electrons. The summed E-state index contributed by atoms with van der Waals surface area (Å²) in [5.74, 6) is 1.54. The average Bonchev–Trinajstić information content (AvgIpc) is 3.17. The molecular weight excluding hydrogens is 384 g/mol. The van der Waals surface area contributed by atoms with Crippen LogP contribution in [0.1, 0.15) is 25.3 Å². The first-order chi connectivity index (χ1) is 12.1. The van der Waals surface area contributed by atoms with Gasteiger partial charge in [0.25, 0.3) is 0 Å². The molecule has 2 saturated heterocycles. The summed E-state index contributed by atoms with van der Waals surface area (Å²) >= 11 is 3.65. The smallest absolute Gasteiger partial charge is 0.410 e. The van der Waals surface area contributed by atoms with E-state index in [1.54, 1.807) is 7.11 Å². The third kappa shape index (κ3) is 4.67. The first-order valence-electron chi connectivity index (χ1n) is 9.09. The molecule has 25 heavy (non-hydrogen) atoms. The second-order valence-corrected chi connectivity index (χ2v) is 7.88. The number of cyclic esters (lactones) is 1. The van der Waals surface area contributed by atoms with Crippen LogP contribution in [0.5, 0.6) is 5.75 Å². The zero-order chi connectivity index (χ0) is 17.8. The lowest BCUT2D eigenvalue weighted by molar-refractivity contribution is 0.112. The Morgan fingerprint density at radius 3 is 2.96 bits per heavy atom. The highest BCUT2D eigenvalue weighted by Gasteiger charge is 2.33. The zero-order valence-corrected chi connectivity index (χ0v) is 16.6. The van der Waals surface area contributed by atoms with Crippen LogP contribution in [0.25, 0.3) is 0 Å². The SMILES string of the molecule is CCCN1CC(CN2CCC(Cc3cc(OC)ccc3Br)C2)OC1=O. The number of rotatable bonds is 7. The van der Waals surface area contributed by atoms with E-state index in [1.165, 1.54) is 12.0 Å². The van der Waals surface area contributed by atoms with E-state index in [0.717, 1.165) is 55.8 Å². The Morgan fingerprint density at radius 1 is 1.36 bits per heavy atom. The molecular formula is C19H27BrN2O3. The molecule has 2 fully saturated rings. The van der Waals surface area contributed by atoms with Gasteiger partial charge in [0.1, 0.15) is 11.9 Å². The van der Waals surface area contributed by atoms with Crippen LogP contribution in [0.2, 0.25) is 0 Å². The average molecular weight is 411 g/mol. The second kappa shape index (κ2) is 8.41. The predicted octanol–water partition coefficient (Wildman–Crippen LogP) is 3.55. The minimum absolute atomic E-state index is 0.0151. The summed E-state index contributed by atoms with van der Waals surface area (Å²) in [7, 11) is 1.70. The molecule has 2 aliphatic rings. The largest absolute Gasteiger partial charge is 0.497 e. The molecule has 0 aromatic heterocycles. The normalized spacial score (nSPS) is 24.0. The highest BCUT2D eigenvalue weighted by atomic mass is 79.9. The summed E-state index contributed by atoms with van der Waals surface area (Å²) in [5.41, 5.74) is 1.30. The van der Waals surface area contributed by atoms with E-state index >= 15 is 0 Å². The van der Waals surface area contributed by atoms with Crippen molar-refractivity contribution >= 4 is 22.0 Å². The van der Waals surface area contributed by atoms with Gasteiger partial charge in [-0.15, -0.1) is 0 Å². The molecule has 1 aromatic rings. The van der Waals surface area contributed by atoms with Gasteiger partial charge in [0.15, 0.2) is 0 Å². The van der Waals surface area contributed by atoms with E-state index in [4.69, 9.17) is 9.47 Å². The summed E-state index contributed by atoms with van der Waals surface area (Å²) in [6.07, 6.45) is 3.07. The Hall–Kier alpha value is -1.27. The number of carbonyl (C=O) groups excluding carboxylic acids is 1. The third-order valence-electron chi connectivity index (χ3n) is 5.04. The zero-order valence-electron chi connectivity index (χ0n) is 15.0. The van der Waals surface area contributed by atoms with Crippen molar-refractivity contribution in [1.29, 1.82) is 0 Å². The van der Waals surface area contributed by atoms with Crippen molar-refractivity contribution in [2.24, 2.45) is 5.92 Å². The summed E-state index contributed by atoms with van der Waals surface area (Å²) in [6.45, 7) is 6.60. The Kier molecular flexibility index (Phi) is 6.23. The van der Waals surface area contributed by atoms with Crippen molar-refractivity contribution in [3.05, 3.63) is 28.2 Å². The second-order valence-electron chi connectivity index (χ2n) is 7.03. The van der Waals surface area contributed by atoms with Crippen LogP contribution >= 0.6 is 15.9 Å². The van der Waals surface area contributed by atoms with Crippen molar-refractivity contribution in [1.82, 2.24) is 9.80 Å². The van der Waals surface area contributed by atoms with Crippen molar-refractivity contribution in [3.8, 4) is 5.75 Å². The fourth-order valence-corrected chi connectivity index (χ4v) is 4.21. The highest BCUT2D eigenvalue weighted by molar-refractivity contribution is 9.10. The number of ether oxygens (including phenoxy) is 2. The van der Waals surface area contributed by atoms with Gasteiger partial charge in [-0.3, -0.25) is 4.90 Å². The molecule has 3 rings (SSSR count). The Balaban J connectivity index is 1.50. The van der Waals surface area contributed by atoms with Crippen LogP contribution in [0.15, 0.2) is 22.7 Å². The molecule has 0 radical (unpaired) electrons. The Labute approximate surface area is 158 Å². The van der Waals surface area contributed by atoms with E-state index in [0.29, 0.717) is 5.92 Å². The monoisotopic (exact) mass is 410 g/mol. The first-order valence-corrected chi connectivity index (χ1v) is 9.88. The molecule has 0 N–H and O–H groups in total. The highest BCUT2D eigenvalue weighted by Crippen LogP contribution is 2.28. The van der Waals surface area contributed by atoms with Crippen molar-refractivity contribution in [3.63, 3.8) is 0 Å². The minimum atomic E-state index is -0.150. The van der Waals surface area contributed by atoms with E-state index in [-0.39, 0.29) is 12.2 Å². The molecule has 1 aromatic carbocycles. The maximum atomic E-state index is 11.8. The number of amides is 1. The molecule has 0 spiro atoms. The molecule has 2 atom stereocenters. The van der Waals surface area contributed by atoms with Gasteiger partial charge in [-0.05, 0) is 55.5 Å². The van der Waals surface area contributed by atoms with Crippen LogP contribution in [-0.2, 0) is 11.2 Å². The van der Waals surface area contributed by atoms with Crippen molar-refractivity contribution in [2.75, 3.05) is 39.8 Å². The van der Waals surface area contributed by atoms with E-state index < -0.39 is 0 Å². The number of halogens is 1. The van der Waals surface area contributed by atoms with Gasteiger partial charge in [-0.25, -0.2) is 4.79 Å². The standard InChI is InChI=1S/C19H27BrN2O3/c1-3-7-22-13-17(25-19(22)23)12-21-8-6-14(11-21)9-15-10-16(24-2)4-5-18(15)20/h4-5,10,14,17H,3,6-9,11-13H2,1-2H3. The lowest BCUT2D eigenvalue weighted by Crippen LogP contribution is -2.33. The van der Waals surface area contributed by atoms with Gasteiger partial charge in [-0.2, -0.15) is 0 Å². The first kappa shape index (κ1) is 18.5. The van der Waals surface area contributed by atoms with E-state index in [2.05, 4.69) is 39.9 Å². The maximum absolute atomic E-state index is 11.8. The van der Waals surface area contributed by atoms with Gasteiger partial charge in [-0.1, -0.05) is 22.9 Å². The number of nitrogens with zero attached hydrogens (tertiary/aromatic N) is 2. The molecule has 5 nitrogen and oxygen atoms in total. The van der Waals surface area contributed by atoms with Crippen LogP contribution in [0.3, 0.4) is 0 Å². The van der Waals surface area contributed by atoms with Crippen LogP contribution in [-0.4, -0.2) is 61.8 Å². The molecule has 0 saturated carbocycles. The molecule has 2 unspecified atom stereocenters. The summed E-state index contributed by atoms with van der Waals surface area (Å²) < 4.78 is 12.0. The number of carbonyl (C=O) groups is 1. The molecule has 6 heteroatoms. The van der Waals surface area contributed by atoms with Gasteiger partial charge >= 0.3 is 6.09 Å². The molecule has 0 aliphatic carbocycles. The summed E-state index contributed by atoms with van der Waals surface area (Å²) in [6, 6.07) is 6.15. The topological polar surface area (TPSA) is 42.0 Å². The van der Waals surface area contributed by atoms with Crippen LogP contribution < -0.4 is 4.74 Å². The maximum Gasteiger partial charge on any atom is 0.410 e. The summed E-state index contributed by atoms with van der Waals surface area (Å²) in [4.78, 5) is 16.1. The van der Waals surface area contributed by atoms with Crippen molar-refractivity contribution < 1.29 is 14.3 Å². The Bertz CT molecular complexity index is 610. The quantitative estimate of drug-likeness (QED) is 0.688. The van der Waals surface area contributed by atoms with E-state index in [9.17, 15) is 4.79 Å². The molecule has 1 amide bonds. The fraction of sp³-hybridized carbons (Fsp3) is 0.632. The van der Waals surface area contributed by atoms with Crippen molar-refractivity contribution in [2.45, 2.75) is 32.3 Å². The number of benzene rings is 1. The van der Waals surface area contributed by atoms with Crippen LogP contribution in [0, 0.1) is 5.92 Å². The van der Waals surface area contributed by atoms with Gasteiger partial charge < -0.3 is 14.4 Å². The Morgan fingerprint density at radius 2 is 2.20 bits per heavy atom. The number of likely N-dealkylation sites (tertiary alicyclic amines) is 1. The van der Waals surface area contributed by atoms with Gasteiger partial charge in [0, 0.05) is 24.1 Å². The van der Waals surface area contributed by atoms with Gasteiger partial charge in [0.2, 0.25) is 0 Å². The fourth-order valence-electron chi connectivity index (χ4n) is 3.80. The molecule has 2 aliphatic heterocycles. The van der Waals surface area contributed by atoms with E-state index in [1.807, 2.05) is 11.0 Å². The van der Waals surface area contributed by atoms with Gasteiger partial charge in [0.05, 0.1) is 13.7 Å². The number of hydrogen-bond donors (Lipinski definition) is 0. The summed E-state index contributed by atoms with van der Waals surface area (Å²) in [5, 5.41) is 0. The third-order valence-corrected chi connectivity index (χ3v) is 5.81.